The van der Waals surface area contributed by atoms with E-state index in [1.807, 2.05) is 25.1 Å². The first-order chi connectivity index (χ1) is 10.0. The Bertz CT molecular complexity index is 677. The maximum Gasteiger partial charge on any atom is 0.337 e. The number of carbonyl (C=O) groups excluding carboxylic acids is 1. The monoisotopic (exact) mass is 350 g/mol. The van der Waals surface area contributed by atoms with Crippen molar-refractivity contribution >= 4 is 39.7 Å². The Balaban J connectivity index is 2.21. The Kier molecular flexibility index (Phi) is 4.80. The lowest BCUT2D eigenvalue weighted by Crippen LogP contribution is -2.07. The Morgan fingerprint density at radius 2 is 2.14 bits per heavy atom. The van der Waals surface area contributed by atoms with Gasteiger partial charge in [0.25, 0.3) is 0 Å². The number of benzene rings is 1. The Hall–Kier alpha value is -2.08. The van der Waals surface area contributed by atoms with Crippen LogP contribution >= 0.6 is 15.9 Å². The first-order valence-electron chi connectivity index (χ1n) is 6.20. The molecule has 0 aliphatic carbocycles. The van der Waals surface area contributed by atoms with Gasteiger partial charge in [0.2, 0.25) is 5.88 Å². The number of methoxy groups -OCH3 is 1. The fraction of sp³-hybridized carbons (Fsp3) is 0.200. The third-order valence-electron chi connectivity index (χ3n) is 2.70. The number of rotatable bonds is 4. The molecule has 0 atom stereocenters. The minimum atomic E-state index is -0.386. The predicted octanol–water partition coefficient (Wildman–Crippen LogP) is 3.65. The molecule has 0 amide bonds. The second-order valence-corrected chi connectivity index (χ2v) is 5.35. The van der Waals surface area contributed by atoms with E-state index >= 15 is 0 Å². The number of nitrogens with zero attached hydrogens (tertiary/aromatic N) is 2. The first-order valence-corrected chi connectivity index (χ1v) is 6.99. The maximum atomic E-state index is 11.5. The van der Waals surface area contributed by atoms with Crippen molar-refractivity contribution in [2.75, 3.05) is 26.1 Å². The third-order valence-corrected chi connectivity index (χ3v) is 3.27. The van der Waals surface area contributed by atoms with Gasteiger partial charge in [-0.3, -0.25) is 4.99 Å². The quantitative estimate of drug-likeness (QED) is 0.623. The average Bonchev–Trinajstić information content (AvgIpc) is 2.86. The Morgan fingerprint density at radius 1 is 1.38 bits per heavy atom. The van der Waals surface area contributed by atoms with Crippen LogP contribution in [0.15, 0.2) is 44.2 Å². The van der Waals surface area contributed by atoms with Gasteiger partial charge in [0.1, 0.15) is 5.76 Å². The summed E-state index contributed by atoms with van der Waals surface area (Å²) >= 11 is 3.43. The zero-order valence-corrected chi connectivity index (χ0v) is 13.5. The highest BCUT2D eigenvalue weighted by Gasteiger charge is 2.09. The number of anilines is 1. The minimum Gasteiger partial charge on any atom is -0.465 e. The molecule has 110 valence electrons. The van der Waals surface area contributed by atoms with Gasteiger partial charge < -0.3 is 14.1 Å². The van der Waals surface area contributed by atoms with Gasteiger partial charge in [-0.2, -0.15) is 0 Å². The van der Waals surface area contributed by atoms with E-state index in [-0.39, 0.29) is 5.97 Å². The van der Waals surface area contributed by atoms with Gasteiger partial charge in [-0.05, 0) is 34.1 Å². The summed E-state index contributed by atoms with van der Waals surface area (Å²) in [5, 5.41) is 0. The largest absolute Gasteiger partial charge is 0.465 e. The highest BCUT2D eigenvalue weighted by Crippen LogP contribution is 2.28. The molecule has 1 aromatic heterocycles. The van der Waals surface area contributed by atoms with Crippen LogP contribution in [0.3, 0.4) is 0 Å². The molecule has 0 aliphatic rings. The molecule has 1 aromatic carbocycles. The molecule has 0 N–H and O–H groups in total. The van der Waals surface area contributed by atoms with Crippen LogP contribution in [0, 0.1) is 0 Å². The van der Waals surface area contributed by atoms with Crippen LogP contribution < -0.4 is 4.90 Å². The predicted molar refractivity (Wildman–Crippen MR) is 85.8 cm³/mol. The maximum absolute atomic E-state index is 11.5. The van der Waals surface area contributed by atoms with Gasteiger partial charge in [-0.15, -0.1) is 0 Å². The van der Waals surface area contributed by atoms with E-state index in [1.54, 1.807) is 30.5 Å². The fourth-order valence-corrected chi connectivity index (χ4v) is 2.38. The molecule has 2 rings (SSSR count). The van der Waals surface area contributed by atoms with Crippen molar-refractivity contribution in [1.29, 1.82) is 0 Å². The third kappa shape index (κ3) is 3.72. The fourth-order valence-electron chi connectivity index (χ4n) is 1.71. The Morgan fingerprint density at radius 3 is 2.76 bits per heavy atom. The Labute approximate surface area is 131 Å². The van der Waals surface area contributed by atoms with Crippen LogP contribution in [0.25, 0.3) is 0 Å². The van der Waals surface area contributed by atoms with Gasteiger partial charge in [0.15, 0.2) is 0 Å². The summed E-state index contributed by atoms with van der Waals surface area (Å²) < 4.78 is 11.2. The molecule has 0 bridgehead atoms. The van der Waals surface area contributed by atoms with E-state index in [2.05, 4.69) is 25.7 Å². The van der Waals surface area contributed by atoms with Crippen molar-refractivity contribution in [3.8, 4) is 0 Å². The number of hydrogen-bond donors (Lipinski definition) is 0. The van der Waals surface area contributed by atoms with Gasteiger partial charge in [0.05, 0.1) is 29.0 Å². The number of halogens is 1. The SMILES string of the molecule is COC(=O)c1cccc(N=Cc2cc(Br)c(N(C)C)o2)c1. The molecule has 0 fully saturated rings. The zero-order valence-electron chi connectivity index (χ0n) is 12.0. The van der Waals surface area contributed by atoms with Crippen molar-refractivity contribution in [3.05, 3.63) is 46.1 Å². The average molecular weight is 351 g/mol. The number of ether oxygens (including phenoxy) is 1. The summed E-state index contributed by atoms with van der Waals surface area (Å²) in [7, 11) is 5.14. The van der Waals surface area contributed by atoms with E-state index in [1.165, 1.54) is 7.11 Å². The van der Waals surface area contributed by atoms with Crippen LogP contribution in [0.5, 0.6) is 0 Å². The molecule has 6 heteroatoms. The summed E-state index contributed by atoms with van der Waals surface area (Å²) in [6, 6.07) is 8.73. The van der Waals surface area contributed by atoms with Crippen molar-refractivity contribution in [1.82, 2.24) is 0 Å². The minimum absolute atomic E-state index is 0.386. The van der Waals surface area contributed by atoms with Crippen LogP contribution in [0.4, 0.5) is 11.6 Å². The number of aliphatic imine (C=N–C) groups is 1. The zero-order chi connectivity index (χ0) is 15.4. The lowest BCUT2D eigenvalue weighted by atomic mass is 10.2. The van der Waals surface area contributed by atoms with E-state index in [0.717, 1.165) is 10.4 Å². The van der Waals surface area contributed by atoms with Crippen LogP contribution in [-0.4, -0.2) is 33.4 Å². The molecule has 0 saturated carbocycles. The molecule has 0 spiro atoms. The second kappa shape index (κ2) is 6.58. The first kappa shape index (κ1) is 15.3. The normalized spacial score (nSPS) is 10.9. The highest BCUT2D eigenvalue weighted by atomic mass is 79.9. The van der Waals surface area contributed by atoms with E-state index in [4.69, 9.17) is 4.42 Å². The van der Waals surface area contributed by atoms with Crippen molar-refractivity contribution in [2.45, 2.75) is 0 Å². The van der Waals surface area contributed by atoms with Gasteiger partial charge in [-0.1, -0.05) is 6.07 Å². The standard InChI is InChI=1S/C15H15BrN2O3/c1-18(2)14-13(16)8-12(21-14)9-17-11-6-4-5-10(7-11)15(19)20-3/h4-9H,1-3H3. The summed E-state index contributed by atoms with van der Waals surface area (Å²) in [5.74, 6) is 0.955. The smallest absolute Gasteiger partial charge is 0.337 e. The summed E-state index contributed by atoms with van der Waals surface area (Å²) in [6.07, 6.45) is 1.61. The second-order valence-electron chi connectivity index (χ2n) is 4.50. The van der Waals surface area contributed by atoms with Crippen LogP contribution in [0.1, 0.15) is 16.1 Å². The molecule has 21 heavy (non-hydrogen) atoms. The summed E-state index contributed by atoms with van der Waals surface area (Å²) in [6.45, 7) is 0. The van der Waals surface area contributed by atoms with Crippen molar-refractivity contribution in [3.63, 3.8) is 0 Å². The van der Waals surface area contributed by atoms with Crippen LogP contribution in [-0.2, 0) is 4.74 Å². The van der Waals surface area contributed by atoms with Gasteiger partial charge in [-0.25, -0.2) is 4.79 Å². The number of carbonyl (C=O) groups is 1. The molecule has 0 saturated heterocycles. The number of furan rings is 1. The highest BCUT2D eigenvalue weighted by molar-refractivity contribution is 9.10. The van der Waals surface area contributed by atoms with E-state index < -0.39 is 0 Å². The van der Waals surface area contributed by atoms with Crippen molar-refractivity contribution in [2.24, 2.45) is 4.99 Å². The number of hydrogen-bond acceptors (Lipinski definition) is 5. The molecule has 0 radical (unpaired) electrons. The lowest BCUT2D eigenvalue weighted by molar-refractivity contribution is 0.0601. The molecular weight excluding hydrogens is 336 g/mol. The molecule has 1 heterocycles. The van der Waals surface area contributed by atoms with Crippen molar-refractivity contribution < 1.29 is 13.9 Å². The number of esters is 1. The molecule has 2 aromatic rings. The van der Waals surface area contributed by atoms with E-state index in [9.17, 15) is 4.79 Å². The molecule has 0 aliphatic heterocycles. The summed E-state index contributed by atoms with van der Waals surface area (Å²) in [4.78, 5) is 17.6. The summed E-state index contributed by atoms with van der Waals surface area (Å²) in [5.41, 5.74) is 1.11. The lowest BCUT2D eigenvalue weighted by Gasteiger charge is -2.07. The molecule has 0 unspecified atom stereocenters. The van der Waals surface area contributed by atoms with Crippen LogP contribution in [0.2, 0.25) is 0 Å². The molecule has 5 nitrogen and oxygen atoms in total. The van der Waals surface area contributed by atoms with E-state index in [0.29, 0.717) is 17.0 Å². The van der Waals surface area contributed by atoms with Gasteiger partial charge in [0, 0.05) is 20.2 Å². The topological polar surface area (TPSA) is 55.0 Å². The molecular formula is C15H15BrN2O3. The van der Waals surface area contributed by atoms with Gasteiger partial charge >= 0.3 is 5.97 Å².